The fourth-order valence-corrected chi connectivity index (χ4v) is 12.7. The van der Waals surface area contributed by atoms with E-state index in [9.17, 15) is 0 Å². The molecule has 0 N–H and O–H groups in total. The maximum Gasteiger partial charge on any atom is 0.0290 e. The molecule has 2 atom stereocenters. The zero-order valence-electron chi connectivity index (χ0n) is 37.2. The van der Waals surface area contributed by atoms with Crippen molar-refractivity contribution >= 4 is 0 Å². The maximum atomic E-state index is 2.62. The second-order valence-corrected chi connectivity index (χ2v) is 19.0. The fourth-order valence-electron chi connectivity index (χ4n) is 12.7. The van der Waals surface area contributed by atoms with Crippen LogP contribution < -0.4 is 0 Å². The number of hydrogen-bond donors (Lipinski definition) is 0. The molecule has 0 heteroatoms. The summed E-state index contributed by atoms with van der Waals surface area (Å²) in [7, 11) is 0. The van der Waals surface area contributed by atoms with Gasteiger partial charge in [-0.25, -0.2) is 0 Å². The molecule has 0 saturated carbocycles. The first kappa shape index (κ1) is 38.6. The molecule has 0 spiro atoms. The van der Waals surface area contributed by atoms with E-state index >= 15 is 0 Å². The monoisotopic (exact) mass is 840 g/mol. The van der Waals surface area contributed by atoms with Gasteiger partial charge >= 0.3 is 0 Å². The van der Waals surface area contributed by atoms with Gasteiger partial charge in [-0.2, -0.15) is 0 Å². The average molecular weight is 841 g/mol. The summed E-state index contributed by atoms with van der Waals surface area (Å²) in [5.41, 5.74) is 25.6. The summed E-state index contributed by atoms with van der Waals surface area (Å²) in [6.07, 6.45) is 0. The summed E-state index contributed by atoms with van der Waals surface area (Å²) < 4.78 is 0. The van der Waals surface area contributed by atoms with Gasteiger partial charge in [0.2, 0.25) is 0 Å². The predicted molar refractivity (Wildman–Crippen MR) is 275 cm³/mol. The van der Waals surface area contributed by atoms with Crippen LogP contribution in [0.2, 0.25) is 0 Å². The third-order valence-electron chi connectivity index (χ3n) is 15.7. The Bertz CT molecular complexity index is 3100. The van der Waals surface area contributed by atoms with Crippen LogP contribution in [-0.2, 0) is 10.8 Å². The highest BCUT2D eigenvalue weighted by Crippen LogP contribution is 2.70. The van der Waals surface area contributed by atoms with Crippen molar-refractivity contribution in [2.24, 2.45) is 0 Å². The van der Waals surface area contributed by atoms with Crippen LogP contribution in [0.5, 0.6) is 0 Å². The summed E-state index contributed by atoms with van der Waals surface area (Å²) in [6, 6.07) is 91.8. The van der Waals surface area contributed by atoms with Crippen molar-refractivity contribution in [3.63, 3.8) is 0 Å². The standard InChI is InChI=1S/C66H48/c1-65-59-35-21-22-36-60(59)66(2,62-42-54(48-33-19-8-20-34-48)53(41-61(62)65)47-31-17-7-18-32-47)64-57-39-51(45-27-13-5-14-28-45)49(43-23-9-3-10-24-43)37-55(57)63(65)56-38-50(44-25-11-4-12-26-44)52(40-58(56)64)46-29-15-6-16-30-46/h3-42,63-64H,1-2H3/t63?,64?,65-,66+. The molecule has 0 nitrogen and oxygen atoms in total. The van der Waals surface area contributed by atoms with Crippen LogP contribution in [0.4, 0.5) is 0 Å². The largest absolute Gasteiger partial charge is 0.0622 e. The Labute approximate surface area is 388 Å². The molecule has 6 aliphatic rings. The molecule has 16 rings (SSSR count). The summed E-state index contributed by atoms with van der Waals surface area (Å²) in [5, 5.41) is 0. The predicted octanol–water partition coefficient (Wildman–Crippen LogP) is 16.9. The molecule has 66 heavy (non-hydrogen) atoms. The highest BCUT2D eigenvalue weighted by molar-refractivity contribution is 5.92. The zero-order chi connectivity index (χ0) is 44.0. The van der Waals surface area contributed by atoms with Gasteiger partial charge in [0.1, 0.15) is 0 Å². The molecule has 6 aliphatic carbocycles. The minimum absolute atomic E-state index is 0.0192. The molecule has 10 aromatic carbocycles. The summed E-state index contributed by atoms with van der Waals surface area (Å²) in [4.78, 5) is 0. The van der Waals surface area contributed by atoms with Crippen LogP contribution in [0, 0.1) is 0 Å². The minimum atomic E-state index is -0.469. The van der Waals surface area contributed by atoms with Crippen LogP contribution >= 0.6 is 0 Å². The van der Waals surface area contributed by atoms with Crippen LogP contribution in [0.3, 0.4) is 0 Å². The highest BCUT2D eigenvalue weighted by Gasteiger charge is 2.60. The topological polar surface area (TPSA) is 0 Å². The van der Waals surface area contributed by atoms with Crippen LogP contribution in [-0.4, -0.2) is 0 Å². The summed E-state index contributed by atoms with van der Waals surface area (Å²) >= 11 is 0. The molecular formula is C66H48. The van der Waals surface area contributed by atoms with Crippen LogP contribution in [0.1, 0.15) is 70.2 Å². The Kier molecular flexibility index (Phi) is 8.71. The molecule has 4 bridgehead atoms. The summed E-state index contributed by atoms with van der Waals surface area (Å²) in [6.45, 7) is 5.18. The molecule has 0 amide bonds. The Morgan fingerprint density at radius 1 is 0.227 bits per heavy atom. The molecule has 0 aliphatic heterocycles. The second kappa shape index (κ2) is 14.9. The molecule has 0 heterocycles. The maximum absolute atomic E-state index is 2.62. The van der Waals surface area contributed by atoms with Gasteiger partial charge in [0.15, 0.2) is 0 Å². The molecular weight excluding hydrogens is 793 g/mol. The first-order valence-electron chi connectivity index (χ1n) is 23.5. The average Bonchev–Trinajstić information content (AvgIpc) is 3.39. The number of benzene rings is 10. The van der Waals surface area contributed by atoms with E-state index in [2.05, 4.69) is 257 Å². The Morgan fingerprint density at radius 3 is 0.652 bits per heavy atom. The van der Waals surface area contributed by atoms with E-state index in [4.69, 9.17) is 0 Å². The lowest BCUT2D eigenvalue weighted by atomic mass is 9.43. The molecule has 0 saturated heterocycles. The third-order valence-corrected chi connectivity index (χ3v) is 15.7. The molecule has 10 aromatic rings. The van der Waals surface area contributed by atoms with E-state index in [-0.39, 0.29) is 11.8 Å². The van der Waals surface area contributed by atoms with E-state index in [1.807, 2.05) is 0 Å². The number of rotatable bonds is 6. The van der Waals surface area contributed by atoms with E-state index in [1.54, 1.807) is 0 Å². The van der Waals surface area contributed by atoms with E-state index in [1.165, 1.54) is 111 Å². The third kappa shape index (κ3) is 5.58. The van der Waals surface area contributed by atoms with Crippen molar-refractivity contribution in [2.75, 3.05) is 0 Å². The zero-order valence-corrected chi connectivity index (χ0v) is 37.2. The summed E-state index contributed by atoms with van der Waals surface area (Å²) in [5.74, 6) is -0.0384. The molecule has 0 fully saturated rings. The lowest BCUT2D eigenvalue weighted by Crippen LogP contribution is -2.52. The van der Waals surface area contributed by atoms with Gasteiger partial charge in [-0.15, -0.1) is 0 Å². The van der Waals surface area contributed by atoms with Crippen LogP contribution in [0.25, 0.3) is 66.8 Å². The van der Waals surface area contributed by atoms with Gasteiger partial charge in [-0.3, -0.25) is 0 Å². The van der Waals surface area contributed by atoms with Crippen molar-refractivity contribution in [3.8, 4) is 66.8 Å². The van der Waals surface area contributed by atoms with Gasteiger partial charge in [-0.1, -0.05) is 220 Å². The molecule has 312 valence electrons. The van der Waals surface area contributed by atoms with Crippen LogP contribution in [0.15, 0.2) is 243 Å². The van der Waals surface area contributed by atoms with E-state index in [0.717, 1.165) is 0 Å². The van der Waals surface area contributed by atoms with Crippen molar-refractivity contribution in [3.05, 3.63) is 287 Å². The second-order valence-electron chi connectivity index (χ2n) is 19.0. The molecule has 0 unspecified atom stereocenters. The number of hydrogen-bond acceptors (Lipinski definition) is 0. The fraction of sp³-hybridized carbons (Fsp3) is 0.0909. The van der Waals surface area contributed by atoms with Crippen molar-refractivity contribution in [2.45, 2.75) is 36.5 Å². The lowest BCUT2D eigenvalue weighted by Gasteiger charge is -2.59. The molecule has 0 aromatic heterocycles. The van der Waals surface area contributed by atoms with Gasteiger partial charge in [-0.05, 0) is 148 Å². The first-order chi connectivity index (χ1) is 32.5. The Morgan fingerprint density at radius 2 is 0.424 bits per heavy atom. The minimum Gasteiger partial charge on any atom is -0.0622 e. The van der Waals surface area contributed by atoms with Gasteiger partial charge in [0.25, 0.3) is 0 Å². The van der Waals surface area contributed by atoms with E-state index in [0.29, 0.717) is 0 Å². The van der Waals surface area contributed by atoms with Crippen molar-refractivity contribution < 1.29 is 0 Å². The van der Waals surface area contributed by atoms with E-state index < -0.39 is 10.8 Å². The first-order valence-corrected chi connectivity index (χ1v) is 23.5. The smallest absolute Gasteiger partial charge is 0.0290 e. The molecule has 0 radical (unpaired) electrons. The Hall–Kier alpha value is -7.80. The lowest BCUT2D eigenvalue weighted by molar-refractivity contribution is 0.361. The SMILES string of the molecule is C[C@]12c3ccccc3[C@](C)(c3cc(-c4ccccc4)c(-c4ccccc4)cc31)C1c3cc(-c4ccccc4)c(-c4ccccc4)cc3C2c2cc(-c3ccccc3)c(-c3ccccc3)cc21. The van der Waals surface area contributed by atoms with Gasteiger partial charge in [0.05, 0.1) is 0 Å². The van der Waals surface area contributed by atoms with Crippen molar-refractivity contribution in [1.82, 2.24) is 0 Å². The Balaban J connectivity index is 1.22. The normalized spacial score (nSPS) is 19.5. The van der Waals surface area contributed by atoms with Gasteiger partial charge < -0.3 is 0 Å². The highest BCUT2D eigenvalue weighted by atomic mass is 14.6. The van der Waals surface area contributed by atoms with Gasteiger partial charge in [0, 0.05) is 22.7 Å². The van der Waals surface area contributed by atoms with Crippen molar-refractivity contribution in [1.29, 1.82) is 0 Å². The quantitative estimate of drug-likeness (QED) is 0.156.